The van der Waals surface area contributed by atoms with Gasteiger partial charge < -0.3 is 9.64 Å². The molecule has 2 saturated heterocycles. The molecule has 2 bridgehead atoms. The Morgan fingerprint density at radius 2 is 1.37 bits per heavy atom. The lowest BCUT2D eigenvalue weighted by Gasteiger charge is -2.38. The van der Waals surface area contributed by atoms with Crippen LogP contribution in [0.3, 0.4) is 0 Å². The van der Waals surface area contributed by atoms with Crippen LogP contribution >= 0.6 is 0 Å². The number of aryl methyl sites for hydroxylation is 3. The first kappa shape index (κ1) is 24.9. The van der Waals surface area contributed by atoms with Gasteiger partial charge in [0, 0.05) is 29.5 Å². The second-order valence-corrected chi connectivity index (χ2v) is 11.3. The van der Waals surface area contributed by atoms with Crippen molar-refractivity contribution in [2.45, 2.75) is 77.3 Å². The third kappa shape index (κ3) is 4.15. The Hall–Kier alpha value is -3.40. The van der Waals surface area contributed by atoms with Crippen molar-refractivity contribution >= 4 is 11.9 Å². The van der Waals surface area contributed by atoms with Crippen molar-refractivity contribution in [1.82, 2.24) is 4.90 Å². The average Bonchev–Trinajstić information content (AvgIpc) is 3.41. The smallest absolute Gasteiger partial charge is 0.410 e. The van der Waals surface area contributed by atoms with Crippen LogP contribution in [0.1, 0.15) is 83.6 Å². The predicted octanol–water partition coefficient (Wildman–Crippen LogP) is 7.49. The SMILES string of the molecule is CCc1cc(C)cc(CC)c1C(=O)C1CC2CCC(C1)N2C(=O)OCC1c2ccccc2-c2ccccc21. The van der Waals surface area contributed by atoms with Crippen LogP contribution in [0.4, 0.5) is 4.79 Å². The number of ether oxygens (including phenoxy) is 1. The number of nitrogens with zero attached hydrogens (tertiary/aromatic N) is 1. The Morgan fingerprint density at radius 3 is 1.89 bits per heavy atom. The van der Waals surface area contributed by atoms with E-state index < -0.39 is 0 Å². The lowest BCUT2D eigenvalue weighted by atomic mass is 9.81. The van der Waals surface area contributed by atoms with Gasteiger partial charge in [0.05, 0.1) is 0 Å². The molecule has 38 heavy (non-hydrogen) atoms. The third-order valence-corrected chi connectivity index (χ3v) is 9.10. The molecular formula is C34H37NO3. The lowest BCUT2D eigenvalue weighted by molar-refractivity contribution is 0.0505. The van der Waals surface area contributed by atoms with E-state index in [-0.39, 0.29) is 35.8 Å². The van der Waals surface area contributed by atoms with Crippen LogP contribution in [-0.4, -0.2) is 35.5 Å². The molecule has 2 unspecified atom stereocenters. The van der Waals surface area contributed by atoms with Crippen LogP contribution < -0.4 is 0 Å². The molecule has 2 aliphatic heterocycles. The monoisotopic (exact) mass is 507 g/mol. The molecule has 3 aromatic rings. The fraction of sp³-hybridized carbons (Fsp3) is 0.412. The number of benzene rings is 3. The zero-order valence-electron chi connectivity index (χ0n) is 22.7. The summed E-state index contributed by atoms with van der Waals surface area (Å²) in [5.74, 6) is 0.316. The molecule has 2 atom stereocenters. The normalized spacial score (nSPS) is 21.8. The van der Waals surface area contributed by atoms with Gasteiger partial charge in [0.2, 0.25) is 0 Å². The molecule has 2 fully saturated rings. The van der Waals surface area contributed by atoms with Crippen molar-refractivity contribution in [2.75, 3.05) is 6.61 Å². The molecule has 0 spiro atoms. The number of ketones is 1. The Kier molecular flexibility index (Phi) is 6.59. The molecule has 3 aliphatic rings. The first-order valence-corrected chi connectivity index (χ1v) is 14.3. The molecule has 2 heterocycles. The Morgan fingerprint density at radius 1 is 0.842 bits per heavy atom. The number of carbonyl (C=O) groups is 2. The Bertz CT molecular complexity index is 1310. The molecule has 0 saturated carbocycles. The molecule has 0 N–H and O–H groups in total. The fourth-order valence-electron chi connectivity index (χ4n) is 7.38. The number of fused-ring (bicyclic) bond motifs is 5. The zero-order chi connectivity index (χ0) is 26.4. The number of amides is 1. The van der Waals surface area contributed by atoms with Crippen molar-refractivity contribution in [3.63, 3.8) is 0 Å². The van der Waals surface area contributed by atoms with Crippen LogP contribution in [-0.2, 0) is 17.6 Å². The first-order chi connectivity index (χ1) is 18.5. The molecule has 0 aromatic heterocycles. The van der Waals surface area contributed by atoms with Gasteiger partial charge in [-0.3, -0.25) is 4.79 Å². The number of piperidine rings is 1. The van der Waals surface area contributed by atoms with Gasteiger partial charge in [-0.25, -0.2) is 4.79 Å². The standard InChI is InChI=1S/C34H37NO3/c1-4-22-16-21(3)17-23(5-2)32(22)33(36)24-18-25-14-15-26(19-24)35(25)34(37)38-20-31-29-12-8-6-10-27(29)28-11-7-9-13-30(28)31/h6-13,16-17,24-26,31H,4-5,14-15,18-20H2,1-3H3. The quantitative estimate of drug-likeness (QED) is 0.325. The number of Topliss-reactive ketones (excluding diaryl/α,β-unsaturated/α-hetero) is 1. The van der Waals surface area contributed by atoms with Crippen molar-refractivity contribution in [3.8, 4) is 11.1 Å². The van der Waals surface area contributed by atoms with Crippen LogP contribution in [0.15, 0.2) is 60.7 Å². The second kappa shape index (κ2) is 10.1. The van der Waals surface area contributed by atoms with Gasteiger partial charge in [0.15, 0.2) is 5.78 Å². The average molecular weight is 508 g/mol. The number of hydrogen-bond donors (Lipinski definition) is 0. The van der Waals surface area contributed by atoms with E-state index in [9.17, 15) is 9.59 Å². The summed E-state index contributed by atoms with van der Waals surface area (Å²) >= 11 is 0. The van der Waals surface area contributed by atoms with Crippen molar-refractivity contribution < 1.29 is 14.3 Å². The van der Waals surface area contributed by atoms with E-state index in [1.54, 1.807) is 0 Å². The van der Waals surface area contributed by atoms with Gasteiger partial charge in [-0.15, -0.1) is 0 Å². The summed E-state index contributed by atoms with van der Waals surface area (Å²) in [6, 6.07) is 21.4. The molecule has 0 radical (unpaired) electrons. The Balaban J connectivity index is 1.17. The van der Waals surface area contributed by atoms with E-state index in [0.29, 0.717) is 6.61 Å². The molecule has 1 aliphatic carbocycles. The minimum absolute atomic E-state index is 0.0246. The molecule has 4 heteroatoms. The van der Waals surface area contributed by atoms with Crippen LogP contribution in [0, 0.1) is 12.8 Å². The fourth-order valence-corrected chi connectivity index (χ4v) is 7.38. The van der Waals surface area contributed by atoms with Gasteiger partial charge in [-0.1, -0.05) is 80.1 Å². The van der Waals surface area contributed by atoms with Crippen LogP contribution in [0.25, 0.3) is 11.1 Å². The van der Waals surface area contributed by atoms with E-state index in [4.69, 9.17) is 4.74 Å². The van der Waals surface area contributed by atoms with Gasteiger partial charge >= 0.3 is 6.09 Å². The first-order valence-electron chi connectivity index (χ1n) is 14.3. The summed E-state index contributed by atoms with van der Waals surface area (Å²) in [5.41, 5.74) is 9.42. The predicted molar refractivity (Wildman–Crippen MR) is 151 cm³/mol. The van der Waals surface area contributed by atoms with E-state index in [1.807, 2.05) is 4.90 Å². The van der Waals surface area contributed by atoms with Gasteiger partial charge in [-0.2, -0.15) is 0 Å². The van der Waals surface area contributed by atoms with Crippen LogP contribution in [0.2, 0.25) is 0 Å². The highest BCUT2D eigenvalue weighted by Crippen LogP contribution is 2.45. The van der Waals surface area contributed by atoms with Crippen molar-refractivity contribution in [2.24, 2.45) is 5.92 Å². The van der Waals surface area contributed by atoms with Gasteiger partial charge in [0.1, 0.15) is 6.61 Å². The maximum Gasteiger partial charge on any atom is 0.410 e. The minimum atomic E-state index is -0.218. The summed E-state index contributed by atoms with van der Waals surface area (Å²) < 4.78 is 6.03. The number of carbonyl (C=O) groups excluding carboxylic acids is 2. The summed E-state index contributed by atoms with van der Waals surface area (Å²) in [7, 11) is 0. The maximum absolute atomic E-state index is 13.9. The topological polar surface area (TPSA) is 46.6 Å². The molecule has 4 nitrogen and oxygen atoms in total. The highest BCUT2D eigenvalue weighted by atomic mass is 16.6. The van der Waals surface area contributed by atoms with Gasteiger partial charge in [0.25, 0.3) is 0 Å². The lowest BCUT2D eigenvalue weighted by Crippen LogP contribution is -2.48. The highest BCUT2D eigenvalue weighted by Gasteiger charge is 2.46. The summed E-state index contributed by atoms with van der Waals surface area (Å²) in [6.45, 7) is 6.72. The minimum Gasteiger partial charge on any atom is -0.448 e. The number of hydrogen-bond acceptors (Lipinski definition) is 3. The molecule has 3 aromatic carbocycles. The molecular weight excluding hydrogens is 470 g/mol. The third-order valence-electron chi connectivity index (χ3n) is 9.10. The number of rotatable bonds is 6. The van der Waals surface area contributed by atoms with E-state index >= 15 is 0 Å². The van der Waals surface area contributed by atoms with Gasteiger partial charge in [-0.05, 0) is 78.8 Å². The zero-order valence-corrected chi connectivity index (χ0v) is 22.7. The molecule has 6 rings (SSSR count). The maximum atomic E-state index is 13.9. The molecule has 1 amide bonds. The summed E-state index contributed by atoms with van der Waals surface area (Å²) in [4.78, 5) is 29.3. The van der Waals surface area contributed by atoms with E-state index in [0.717, 1.165) is 55.2 Å². The largest absolute Gasteiger partial charge is 0.448 e. The van der Waals surface area contributed by atoms with E-state index in [2.05, 4.69) is 81.4 Å². The Labute approximate surface area is 226 Å². The van der Waals surface area contributed by atoms with Crippen molar-refractivity contribution in [3.05, 3.63) is 94.0 Å². The molecule has 196 valence electrons. The highest BCUT2D eigenvalue weighted by molar-refractivity contribution is 6.01. The van der Waals surface area contributed by atoms with E-state index in [1.165, 1.54) is 27.8 Å². The summed E-state index contributed by atoms with van der Waals surface area (Å²) in [5, 5.41) is 0. The summed E-state index contributed by atoms with van der Waals surface area (Å²) in [6.07, 6.45) is 4.88. The van der Waals surface area contributed by atoms with Crippen molar-refractivity contribution in [1.29, 1.82) is 0 Å². The van der Waals surface area contributed by atoms with Crippen LogP contribution in [0.5, 0.6) is 0 Å². The second-order valence-electron chi connectivity index (χ2n) is 11.3.